The molecule has 4 nitrogen and oxygen atoms in total. The Labute approximate surface area is 151 Å². The third kappa shape index (κ3) is 4.42. The number of benzene rings is 1. The van der Waals surface area contributed by atoms with Crippen LogP contribution in [0.4, 0.5) is 0 Å². The summed E-state index contributed by atoms with van der Waals surface area (Å²) in [7, 11) is 0. The standard InChI is InChI=1S/C21H30N2O2/c1-2-20(24)22-13-8-11-18(16-22)21(25)23-14-7-6-12-19(23)15-17-9-4-3-5-10-17/h3-5,9-10,18-19H,2,6-8,11-16H2,1H3/t18-,19-/m1/s1. The number of hydrogen-bond donors (Lipinski definition) is 0. The van der Waals surface area contributed by atoms with Crippen molar-refractivity contribution in [2.45, 2.75) is 57.9 Å². The van der Waals surface area contributed by atoms with Gasteiger partial charge in [0.25, 0.3) is 0 Å². The highest BCUT2D eigenvalue weighted by Crippen LogP contribution is 2.26. The van der Waals surface area contributed by atoms with E-state index in [0.717, 1.165) is 45.2 Å². The van der Waals surface area contributed by atoms with E-state index in [4.69, 9.17) is 0 Å². The van der Waals surface area contributed by atoms with Crippen molar-refractivity contribution in [2.24, 2.45) is 5.92 Å². The van der Waals surface area contributed by atoms with Crippen LogP contribution in [0.2, 0.25) is 0 Å². The second-order valence-electron chi connectivity index (χ2n) is 7.40. The fourth-order valence-corrected chi connectivity index (χ4v) is 4.25. The van der Waals surface area contributed by atoms with E-state index in [-0.39, 0.29) is 17.7 Å². The Bertz CT molecular complexity index is 587. The number of nitrogens with zero attached hydrogens (tertiary/aromatic N) is 2. The van der Waals surface area contributed by atoms with Gasteiger partial charge in [0.15, 0.2) is 0 Å². The molecule has 3 rings (SSSR count). The molecule has 0 N–H and O–H groups in total. The van der Waals surface area contributed by atoms with Crippen LogP contribution in [-0.2, 0) is 16.0 Å². The second-order valence-corrected chi connectivity index (χ2v) is 7.40. The minimum absolute atomic E-state index is 0.0133. The van der Waals surface area contributed by atoms with Gasteiger partial charge in [0.1, 0.15) is 0 Å². The summed E-state index contributed by atoms with van der Waals surface area (Å²) in [6.45, 7) is 4.19. The van der Waals surface area contributed by atoms with Crippen LogP contribution >= 0.6 is 0 Å². The number of piperidine rings is 2. The molecule has 0 unspecified atom stereocenters. The summed E-state index contributed by atoms with van der Waals surface area (Å²) in [5, 5.41) is 0. The zero-order valence-electron chi connectivity index (χ0n) is 15.3. The summed E-state index contributed by atoms with van der Waals surface area (Å²) in [6, 6.07) is 10.8. The molecular formula is C21H30N2O2. The first kappa shape index (κ1) is 18.0. The molecule has 2 fully saturated rings. The number of carbonyl (C=O) groups is 2. The first-order valence-electron chi connectivity index (χ1n) is 9.81. The van der Waals surface area contributed by atoms with Crippen LogP contribution in [0.25, 0.3) is 0 Å². The lowest BCUT2D eigenvalue weighted by Gasteiger charge is -2.40. The molecule has 2 heterocycles. The van der Waals surface area contributed by atoms with Crippen molar-refractivity contribution >= 4 is 11.8 Å². The molecule has 0 radical (unpaired) electrons. The van der Waals surface area contributed by atoms with Crippen LogP contribution in [-0.4, -0.2) is 47.3 Å². The highest BCUT2D eigenvalue weighted by Gasteiger charge is 2.34. The molecule has 1 aromatic carbocycles. The minimum Gasteiger partial charge on any atom is -0.342 e. The van der Waals surface area contributed by atoms with Gasteiger partial charge in [-0.05, 0) is 44.1 Å². The summed E-state index contributed by atoms with van der Waals surface area (Å²) in [4.78, 5) is 29.2. The van der Waals surface area contributed by atoms with E-state index in [1.54, 1.807) is 0 Å². The van der Waals surface area contributed by atoms with Gasteiger partial charge in [0.05, 0.1) is 5.92 Å². The predicted octanol–water partition coefficient (Wildman–Crippen LogP) is 3.26. The zero-order valence-corrected chi connectivity index (χ0v) is 15.3. The van der Waals surface area contributed by atoms with E-state index in [2.05, 4.69) is 29.2 Å². The average Bonchev–Trinajstić information content (AvgIpc) is 2.68. The third-order valence-electron chi connectivity index (χ3n) is 5.65. The molecule has 2 atom stereocenters. The zero-order chi connectivity index (χ0) is 17.6. The highest BCUT2D eigenvalue weighted by atomic mass is 16.2. The summed E-state index contributed by atoms with van der Waals surface area (Å²) in [5.41, 5.74) is 1.30. The molecule has 25 heavy (non-hydrogen) atoms. The van der Waals surface area contributed by atoms with E-state index in [1.807, 2.05) is 17.9 Å². The quantitative estimate of drug-likeness (QED) is 0.843. The number of likely N-dealkylation sites (tertiary alicyclic amines) is 2. The molecule has 2 saturated heterocycles. The van der Waals surface area contributed by atoms with E-state index < -0.39 is 0 Å². The first-order chi connectivity index (χ1) is 12.2. The number of hydrogen-bond acceptors (Lipinski definition) is 2. The third-order valence-corrected chi connectivity index (χ3v) is 5.65. The van der Waals surface area contributed by atoms with Crippen molar-refractivity contribution in [1.29, 1.82) is 0 Å². The maximum atomic E-state index is 13.2. The molecule has 0 aliphatic carbocycles. The Kier molecular flexibility index (Phi) is 6.11. The molecule has 2 amide bonds. The van der Waals surface area contributed by atoms with Gasteiger partial charge in [-0.25, -0.2) is 0 Å². The monoisotopic (exact) mass is 342 g/mol. The SMILES string of the molecule is CCC(=O)N1CCC[C@@H](C(=O)N2CCCC[C@@H]2Cc2ccccc2)C1. The maximum absolute atomic E-state index is 13.2. The Hall–Kier alpha value is -1.84. The van der Waals surface area contributed by atoms with Crippen LogP contribution in [0, 0.1) is 5.92 Å². The lowest BCUT2D eigenvalue weighted by Crippen LogP contribution is -2.51. The van der Waals surface area contributed by atoms with Crippen LogP contribution in [0.15, 0.2) is 30.3 Å². The number of amides is 2. The highest BCUT2D eigenvalue weighted by molar-refractivity contribution is 5.81. The van der Waals surface area contributed by atoms with E-state index in [0.29, 0.717) is 19.0 Å². The molecule has 2 aliphatic heterocycles. The van der Waals surface area contributed by atoms with Gasteiger partial charge in [-0.2, -0.15) is 0 Å². The summed E-state index contributed by atoms with van der Waals surface area (Å²) >= 11 is 0. The molecular weight excluding hydrogens is 312 g/mol. The largest absolute Gasteiger partial charge is 0.342 e. The van der Waals surface area contributed by atoms with Gasteiger partial charge in [-0.15, -0.1) is 0 Å². The summed E-state index contributed by atoms with van der Waals surface area (Å²) in [6.07, 6.45) is 6.72. The van der Waals surface area contributed by atoms with Gasteiger partial charge < -0.3 is 9.80 Å². The molecule has 1 aromatic rings. The molecule has 0 spiro atoms. The Morgan fingerprint density at radius 2 is 1.84 bits per heavy atom. The van der Waals surface area contributed by atoms with Gasteiger partial charge in [-0.3, -0.25) is 9.59 Å². The van der Waals surface area contributed by atoms with Crippen LogP contribution in [0.5, 0.6) is 0 Å². The summed E-state index contributed by atoms with van der Waals surface area (Å²) in [5.74, 6) is 0.437. The Morgan fingerprint density at radius 3 is 2.60 bits per heavy atom. The topological polar surface area (TPSA) is 40.6 Å². The normalized spacial score (nSPS) is 24.2. The van der Waals surface area contributed by atoms with Crippen LogP contribution in [0.3, 0.4) is 0 Å². The number of carbonyl (C=O) groups excluding carboxylic acids is 2. The van der Waals surface area contributed by atoms with E-state index in [1.165, 1.54) is 12.0 Å². The predicted molar refractivity (Wildman–Crippen MR) is 99.1 cm³/mol. The van der Waals surface area contributed by atoms with Crippen molar-refractivity contribution < 1.29 is 9.59 Å². The molecule has 4 heteroatoms. The smallest absolute Gasteiger partial charge is 0.227 e. The second kappa shape index (κ2) is 8.50. The molecule has 0 saturated carbocycles. The fraction of sp³-hybridized carbons (Fsp3) is 0.619. The van der Waals surface area contributed by atoms with Crippen molar-refractivity contribution in [1.82, 2.24) is 9.80 Å². The van der Waals surface area contributed by atoms with Crippen LogP contribution in [0.1, 0.15) is 51.0 Å². The van der Waals surface area contributed by atoms with Crippen molar-refractivity contribution in [2.75, 3.05) is 19.6 Å². The first-order valence-corrected chi connectivity index (χ1v) is 9.81. The summed E-state index contributed by atoms with van der Waals surface area (Å²) < 4.78 is 0. The average molecular weight is 342 g/mol. The van der Waals surface area contributed by atoms with Crippen molar-refractivity contribution in [3.05, 3.63) is 35.9 Å². The van der Waals surface area contributed by atoms with Gasteiger partial charge in [0.2, 0.25) is 11.8 Å². The van der Waals surface area contributed by atoms with Crippen LogP contribution < -0.4 is 0 Å². The Balaban J connectivity index is 1.67. The Morgan fingerprint density at radius 1 is 1.04 bits per heavy atom. The van der Waals surface area contributed by atoms with E-state index >= 15 is 0 Å². The lowest BCUT2D eigenvalue weighted by atomic mass is 9.91. The minimum atomic E-state index is -0.0133. The molecule has 2 aliphatic rings. The fourth-order valence-electron chi connectivity index (χ4n) is 4.25. The van der Waals surface area contributed by atoms with Gasteiger partial charge in [-0.1, -0.05) is 37.3 Å². The maximum Gasteiger partial charge on any atom is 0.227 e. The van der Waals surface area contributed by atoms with E-state index in [9.17, 15) is 9.59 Å². The van der Waals surface area contributed by atoms with Crippen molar-refractivity contribution in [3.63, 3.8) is 0 Å². The van der Waals surface area contributed by atoms with Gasteiger partial charge >= 0.3 is 0 Å². The molecule has 136 valence electrons. The molecule has 0 aromatic heterocycles. The van der Waals surface area contributed by atoms with Gasteiger partial charge in [0, 0.05) is 32.1 Å². The molecule has 0 bridgehead atoms. The lowest BCUT2D eigenvalue weighted by molar-refractivity contribution is -0.143. The number of rotatable bonds is 4. The van der Waals surface area contributed by atoms with Crippen molar-refractivity contribution in [3.8, 4) is 0 Å².